The maximum Gasteiger partial charge on any atom is 0.143 e. The highest BCUT2D eigenvalue weighted by Gasteiger charge is 2.13. The number of rotatable bonds is 5. The summed E-state index contributed by atoms with van der Waals surface area (Å²) in [4.78, 5) is 11.2. The van der Waals surface area contributed by atoms with Crippen LogP contribution in [0.1, 0.15) is 12.5 Å². The van der Waals surface area contributed by atoms with Gasteiger partial charge >= 0.3 is 0 Å². The molecule has 3 nitrogen and oxygen atoms in total. The smallest absolute Gasteiger partial charge is 0.143 e. The summed E-state index contributed by atoms with van der Waals surface area (Å²) in [5, 5.41) is 6.73. The minimum Gasteiger partial charge on any atom is -0.340 e. The average Bonchev–Trinajstić information content (AvgIpc) is 3.13. The predicted molar refractivity (Wildman–Crippen MR) is 114 cm³/mol. The standard InChI is InChI=1S/C21H19N3S2/c1-3-14-7-9-15(10-8-14)18-12-26-21-19(18)20(22-13-23-21)24-16-5-4-6-17(11-16)25-2/h4-13H,3H2,1-2H3,(H,22,23,24). The third kappa shape index (κ3) is 3.32. The molecule has 2 aromatic carbocycles. The van der Waals surface area contributed by atoms with Crippen LogP contribution in [0.2, 0.25) is 0 Å². The molecule has 1 N–H and O–H groups in total. The number of aryl methyl sites for hydroxylation is 1. The molecule has 0 radical (unpaired) electrons. The summed E-state index contributed by atoms with van der Waals surface area (Å²) in [6, 6.07) is 17.1. The van der Waals surface area contributed by atoms with Crippen molar-refractivity contribution >= 4 is 44.8 Å². The van der Waals surface area contributed by atoms with Crippen LogP contribution in [0, 0.1) is 0 Å². The van der Waals surface area contributed by atoms with E-state index in [1.165, 1.54) is 21.6 Å². The summed E-state index contributed by atoms with van der Waals surface area (Å²) in [7, 11) is 0. The molecule has 0 aliphatic heterocycles. The molecule has 0 aliphatic rings. The molecule has 0 fully saturated rings. The van der Waals surface area contributed by atoms with Gasteiger partial charge in [0.15, 0.2) is 0 Å². The molecule has 4 aromatic rings. The Labute approximate surface area is 161 Å². The van der Waals surface area contributed by atoms with Crippen molar-refractivity contribution in [3.05, 3.63) is 65.8 Å². The topological polar surface area (TPSA) is 37.8 Å². The Morgan fingerprint density at radius 3 is 2.69 bits per heavy atom. The third-order valence-corrected chi connectivity index (χ3v) is 5.99. The molecular weight excluding hydrogens is 358 g/mol. The summed E-state index contributed by atoms with van der Waals surface area (Å²) in [6.07, 6.45) is 4.76. The maximum absolute atomic E-state index is 4.53. The van der Waals surface area contributed by atoms with Crippen LogP contribution < -0.4 is 5.32 Å². The van der Waals surface area contributed by atoms with Crippen molar-refractivity contribution in [1.29, 1.82) is 0 Å². The molecule has 0 unspecified atom stereocenters. The quantitative estimate of drug-likeness (QED) is 0.409. The average molecular weight is 378 g/mol. The van der Waals surface area contributed by atoms with Crippen molar-refractivity contribution in [1.82, 2.24) is 9.97 Å². The molecule has 4 rings (SSSR count). The fraction of sp³-hybridized carbons (Fsp3) is 0.143. The monoisotopic (exact) mass is 377 g/mol. The highest BCUT2D eigenvalue weighted by atomic mass is 32.2. The molecule has 0 saturated heterocycles. The second kappa shape index (κ2) is 7.48. The highest BCUT2D eigenvalue weighted by Crippen LogP contribution is 2.37. The van der Waals surface area contributed by atoms with Crippen LogP contribution in [0.5, 0.6) is 0 Å². The van der Waals surface area contributed by atoms with Crippen LogP contribution >= 0.6 is 23.1 Å². The summed E-state index contributed by atoms with van der Waals surface area (Å²) in [5.74, 6) is 0.851. The normalized spacial score (nSPS) is 11.0. The minimum atomic E-state index is 0.851. The van der Waals surface area contributed by atoms with Gasteiger partial charge < -0.3 is 5.32 Å². The lowest BCUT2D eigenvalue weighted by atomic mass is 10.0. The van der Waals surface area contributed by atoms with Gasteiger partial charge in [0.05, 0.1) is 5.39 Å². The largest absolute Gasteiger partial charge is 0.340 e. The van der Waals surface area contributed by atoms with E-state index in [4.69, 9.17) is 0 Å². The van der Waals surface area contributed by atoms with Crippen LogP contribution in [0.15, 0.2) is 65.1 Å². The number of benzene rings is 2. The molecule has 5 heteroatoms. The van der Waals surface area contributed by atoms with E-state index >= 15 is 0 Å². The van der Waals surface area contributed by atoms with E-state index in [1.54, 1.807) is 29.4 Å². The van der Waals surface area contributed by atoms with Crippen molar-refractivity contribution in [2.45, 2.75) is 18.2 Å². The van der Waals surface area contributed by atoms with Gasteiger partial charge in [0.25, 0.3) is 0 Å². The fourth-order valence-electron chi connectivity index (χ4n) is 2.94. The van der Waals surface area contributed by atoms with Gasteiger partial charge in [-0.2, -0.15) is 0 Å². The fourth-order valence-corrected chi connectivity index (χ4v) is 4.32. The van der Waals surface area contributed by atoms with Gasteiger partial charge in [0.1, 0.15) is 17.0 Å². The first-order valence-corrected chi connectivity index (χ1v) is 10.6. The third-order valence-electron chi connectivity index (χ3n) is 4.38. The van der Waals surface area contributed by atoms with Crippen LogP contribution in [-0.2, 0) is 6.42 Å². The number of thioether (sulfide) groups is 1. The van der Waals surface area contributed by atoms with E-state index in [-0.39, 0.29) is 0 Å². The summed E-state index contributed by atoms with van der Waals surface area (Å²) in [6.45, 7) is 2.17. The molecule has 2 heterocycles. The number of hydrogen-bond donors (Lipinski definition) is 1. The van der Waals surface area contributed by atoms with Crippen LogP contribution in [0.3, 0.4) is 0 Å². The molecular formula is C21H19N3S2. The number of hydrogen-bond acceptors (Lipinski definition) is 5. The Hall–Kier alpha value is -2.37. The van der Waals surface area contributed by atoms with Gasteiger partial charge in [-0.25, -0.2) is 9.97 Å². The first-order valence-electron chi connectivity index (χ1n) is 8.51. The maximum atomic E-state index is 4.53. The van der Waals surface area contributed by atoms with Crippen LogP contribution in [-0.4, -0.2) is 16.2 Å². The first kappa shape index (κ1) is 17.1. The number of fused-ring (bicyclic) bond motifs is 1. The Balaban J connectivity index is 1.78. The SMILES string of the molecule is CCc1ccc(-c2csc3ncnc(Nc4cccc(SC)c4)c23)cc1. The van der Waals surface area contributed by atoms with E-state index in [0.717, 1.165) is 28.1 Å². The molecule has 0 amide bonds. The molecule has 2 aromatic heterocycles. The van der Waals surface area contributed by atoms with E-state index in [2.05, 4.69) is 82.4 Å². The molecule has 0 bridgehead atoms. The van der Waals surface area contributed by atoms with Gasteiger partial charge in [0.2, 0.25) is 0 Å². The van der Waals surface area contributed by atoms with Gasteiger partial charge in [-0.3, -0.25) is 0 Å². The van der Waals surface area contributed by atoms with Gasteiger partial charge in [-0.15, -0.1) is 23.1 Å². The summed E-state index contributed by atoms with van der Waals surface area (Å²) in [5.41, 5.74) is 4.76. The molecule has 0 spiro atoms. The van der Waals surface area contributed by atoms with E-state index in [9.17, 15) is 0 Å². The Morgan fingerprint density at radius 2 is 1.92 bits per heavy atom. The second-order valence-electron chi connectivity index (χ2n) is 5.96. The van der Waals surface area contributed by atoms with E-state index in [0.29, 0.717) is 0 Å². The lowest BCUT2D eigenvalue weighted by molar-refractivity contribution is 1.14. The second-order valence-corrected chi connectivity index (χ2v) is 7.70. The Morgan fingerprint density at radius 1 is 1.08 bits per heavy atom. The lowest BCUT2D eigenvalue weighted by Crippen LogP contribution is -1.95. The Kier molecular flexibility index (Phi) is 4.91. The lowest BCUT2D eigenvalue weighted by Gasteiger charge is -2.09. The molecule has 0 aliphatic carbocycles. The van der Waals surface area contributed by atoms with Crippen molar-refractivity contribution in [3.8, 4) is 11.1 Å². The van der Waals surface area contributed by atoms with Gasteiger partial charge in [-0.05, 0) is 42.0 Å². The molecule has 0 saturated carbocycles. The molecule has 130 valence electrons. The van der Waals surface area contributed by atoms with Crippen molar-refractivity contribution in [2.24, 2.45) is 0 Å². The number of aromatic nitrogens is 2. The van der Waals surface area contributed by atoms with Gasteiger partial charge in [0, 0.05) is 21.5 Å². The number of nitrogens with one attached hydrogen (secondary N) is 1. The number of nitrogens with zero attached hydrogens (tertiary/aromatic N) is 2. The van der Waals surface area contributed by atoms with Crippen molar-refractivity contribution in [2.75, 3.05) is 11.6 Å². The minimum absolute atomic E-state index is 0.851. The molecule has 26 heavy (non-hydrogen) atoms. The van der Waals surface area contributed by atoms with Gasteiger partial charge in [-0.1, -0.05) is 37.3 Å². The van der Waals surface area contributed by atoms with E-state index in [1.807, 2.05) is 0 Å². The Bertz CT molecular complexity index is 1040. The molecule has 0 atom stereocenters. The summed E-state index contributed by atoms with van der Waals surface area (Å²) < 4.78 is 0. The zero-order chi connectivity index (χ0) is 17.9. The zero-order valence-corrected chi connectivity index (χ0v) is 16.3. The highest BCUT2D eigenvalue weighted by molar-refractivity contribution is 7.98. The number of thiophene rings is 1. The first-order chi connectivity index (χ1) is 12.8. The zero-order valence-electron chi connectivity index (χ0n) is 14.7. The van der Waals surface area contributed by atoms with Crippen molar-refractivity contribution in [3.63, 3.8) is 0 Å². The van der Waals surface area contributed by atoms with Crippen LogP contribution in [0.4, 0.5) is 11.5 Å². The summed E-state index contributed by atoms with van der Waals surface area (Å²) >= 11 is 3.39. The number of anilines is 2. The van der Waals surface area contributed by atoms with Crippen LogP contribution in [0.25, 0.3) is 21.3 Å². The predicted octanol–water partition coefficient (Wildman–Crippen LogP) is 6.39. The van der Waals surface area contributed by atoms with Crippen molar-refractivity contribution < 1.29 is 0 Å². The van der Waals surface area contributed by atoms with E-state index < -0.39 is 0 Å².